The number of hydrogen-bond acceptors (Lipinski definition) is 3. The number of carbonyl (C=O) groups is 1. The summed E-state index contributed by atoms with van der Waals surface area (Å²) in [6.45, 7) is 5.45. The SMILES string of the molecule is CCCOc1ccc(NC(=O)c2ccc(OCCC)c(Br)c2)cc1. The van der Waals surface area contributed by atoms with Crippen LogP contribution in [0.25, 0.3) is 0 Å². The molecule has 0 aliphatic rings. The van der Waals surface area contributed by atoms with Crippen molar-refractivity contribution in [1.29, 1.82) is 0 Å². The minimum absolute atomic E-state index is 0.167. The third kappa shape index (κ3) is 5.27. The highest BCUT2D eigenvalue weighted by Crippen LogP contribution is 2.26. The number of nitrogens with one attached hydrogen (secondary N) is 1. The average Bonchev–Trinajstić information content (AvgIpc) is 2.60. The first kappa shape index (κ1) is 18.3. The van der Waals surface area contributed by atoms with Gasteiger partial charge in [-0.3, -0.25) is 4.79 Å². The minimum atomic E-state index is -0.167. The lowest BCUT2D eigenvalue weighted by Crippen LogP contribution is -2.12. The lowest BCUT2D eigenvalue weighted by molar-refractivity contribution is 0.102. The lowest BCUT2D eigenvalue weighted by Gasteiger charge is -2.10. The standard InChI is InChI=1S/C19H22BrNO3/c1-3-11-23-16-8-6-15(7-9-16)21-19(22)14-5-10-18(17(20)13-14)24-12-4-2/h5-10,13H,3-4,11-12H2,1-2H3,(H,21,22). The molecule has 1 N–H and O–H groups in total. The smallest absolute Gasteiger partial charge is 0.255 e. The Kier molecular flexibility index (Phi) is 7.12. The van der Waals surface area contributed by atoms with Crippen molar-refractivity contribution < 1.29 is 14.3 Å². The van der Waals surface area contributed by atoms with Crippen molar-refractivity contribution in [3.63, 3.8) is 0 Å². The molecule has 0 unspecified atom stereocenters. The summed E-state index contributed by atoms with van der Waals surface area (Å²) in [6.07, 6.45) is 1.90. The zero-order valence-electron chi connectivity index (χ0n) is 14.0. The van der Waals surface area contributed by atoms with E-state index in [0.29, 0.717) is 18.8 Å². The zero-order valence-corrected chi connectivity index (χ0v) is 15.6. The van der Waals surface area contributed by atoms with E-state index in [0.717, 1.165) is 34.5 Å². The van der Waals surface area contributed by atoms with E-state index in [9.17, 15) is 4.79 Å². The van der Waals surface area contributed by atoms with Gasteiger partial charge in [0, 0.05) is 11.3 Å². The summed E-state index contributed by atoms with van der Waals surface area (Å²) in [4.78, 5) is 12.3. The van der Waals surface area contributed by atoms with E-state index in [-0.39, 0.29) is 5.91 Å². The molecule has 0 saturated heterocycles. The molecule has 4 nitrogen and oxygen atoms in total. The molecule has 0 saturated carbocycles. The molecule has 0 bridgehead atoms. The predicted molar refractivity (Wildman–Crippen MR) is 100 cm³/mol. The van der Waals surface area contributed by atoms with Crippen molar-refractivity contribution in [3.05, 3.63) is 52.5 Å². The second-order valence-electron chi connectivity index (χ2n) is 5.32. The van der Waals surface area contributed by atoms with Gasteiger partial charge in [-0.25, -0.2) is 0 Å². The summed E-state index contributed by atoms with van der Waals surface area (Å²) in [5.41, 5.74) is 1.29. The van der Waals surface area contributed by atoms with Gasteiger partial charge in [-0.2, -0.15) is 0 Å². The van der Waals surface area contributed by atoms with Gasteiger partial charge in [-0.05, 0) is 71.2 Å². The van der Waals surface area contributed by atoms with Crippen molar-refractivity contribution in [2.75, 3.05) is 18.5 Å². The number of anilines is 1. The first-order valence-corrected chi connectivity index (χ1v) is 8.90. The molecule has 24 heavy (non-hydrogen) atoms. The third-order valence-electron chi connectivity index (χ3n) is 3.24. The number of halogens is 1. The maximum Gasteiger partial charge on any atom is 0.255 e. The van der Waals surface area contributed by atoms with Crippen molar-refractivity contribution in [3.8, 4) is 11.5 Å². The normalized spacial score (nSPS) is 10.3. The van der Waals surface area contributed by atoms with Crippen LogP contribution in [0.3, 0.4) is 0 Å². The fourth-order valence-electron chi connectivity index (χ4n) is 2.03. The summed E-state index contributed by atoms with van der Waals surface area (Å²) < 4.78 is 11.9. The number of carbonyl (C=O) groups excluding carboxylic acids is 1. The Balaban J connectivity index is 2.00. The molecule has 0 aliphatic carbocycles. The molecule has 0 atom stereocenters. The Hall–Kier alpha value is -2.01. The molecular weight excluding hydrogens is 370 g/mol. The summed E-state index contributed by atoms with van der Waals surface area (Å²) in [7, 11) is 0. The highest BCUT2D eigenvalue weighted by molar-refractivity contribution is 9.10. The second-order valence-corrected chi connectivity index (χ2v) is 6.17. The fraction of sp³-hybridized carbons (Fsp3) is 0.316. The van der Waals surface area contributed by atoms with Crippen LogP contribution >= 0.6 is 15.9 Å². The minimum Gasteiger partial charge on any atom is -0.494 e. The fourth-order valence-corrected chi connectivity index (χ4v) is 2.52. The van der Waals surface area contributed by atoms with Gasteiger partial charge in [0.05, 0.1) is 17.7 Å². The molecule has 0 radical (unpaired) electrons. The van der Waals surface area contributed by atoms with Crippen LogP contribution in [0.15, 0.2) is 46.9 Å². The summed E-state index contributed by atoms with van der Waals surface area (Å²) in [6, 6.07) is 12.7. The average molecular weight is 392 g/mol. The molecule has 128 valence electrons. The quantitative estimate of drug-likeness (QED) is 0.665. The van der Waals surface area contributed by atoms with Crippen LogP contribution in [-0.4, -0.2) is 19.1 Å². The Morgan fingerprint density at radius 3 is 2.29 bits per heavy atom. The van der Waals surface area contributed by atoms with E-state index >= 15 is 0 Å². The molecule has 0 spiro atoms. The van der Waals surface area contributed by atoms with Crippen LogP contribution in [-0.2, 0) is 0 Å². The van der Waals surface area contributed by atoms with E-state index in [4.69, 9.17) is 9.47 Å². The number of ether oxygens (including phenoxy) is 2. The Labute approximate surface area is 151 Å². The zero-order chi connectivity index (χ0) is 17.4. The molecule has 1 amide bonds. The van der Waals surface area contributed by atoms with Gasteiger partial charge in [0.1, 0.15) is 11.5 Å². The maximum absolute atomic E-state index is 12.3. The highest BCUT2D eigenvalue weighted by atomic mass is 79.9. The van der Waals surface area contributed by atoms with E-state index in [2.05, 4.69) is 28.2 Å². The van der Waals surface area contributed by atoms with Gasteiger partial charge in [-0.1, -0.05) is 13.8 Å². The molecule has 5 heteroatoms. The van der Waals surface area contributed by atoms with Crippen molar-refractivity contribution in [1.82, 2.24) is 0 Å². The van der Waals surface area contributed by atoms with E-state index in [1.807, 2.05) is 31.2 Å². The predicted octanol–water partition coefficient (Wildman–Crippen LogP) is 5.28. The van der Waals surface area contributed by atoms with Crippen molar-refractivity contribution >= 4 is 27.5 Å². The topological polar surface area (TPSA) is 47.6 Å². The number of rotatable bonds is 8. The van der Waals surface area contributed by atoms with Gasteiger partial charge in [0.15, 0.2) is 0 Å². The molecule has 2 rings (SSSR count). The number of amides is 1. The third-order valence-corrected chi connectivity index (χ3v) is 3.86. The molecule has 2 aromatic rings. The van der Waals surface area contributed by atoms with Gasteiger partial charge < -0.3 is 14.8 Å². The van der Waals surface area contributed by atoms with Gasteiger partial charge in [0.25, 0.3) is 5.91 Å². The largest absolute Gasteiger partial charge is 0.494 e. The monoisotopic (exact) mass is 391 g/mol. The lowest BCUT2D eigenvalue weighted by atomic mass is 10.2. The van der Waals surface area contributed by atoms with Gasteiger partial charge in [0.2, 0.25) is 0 Å². The molecule has 2 aromatic carbocycles. The maximum atomic E-state index is 12.3. The first-order chi connectivity index (χ1) is 11.6. The molecular formula is C19H22BrNO3. The van der Waals surface area contributed by atoms with Crippen LogP contribution in [0.4, 0.5) is 5.69 Å². The Bertz CT molecular complexity index is 671. The summed E-state index contributed by atoms with van der Waals surface area (Å²) >= 11 is 3.44. The second kappa shape index (κ2) is 9.33. The van der Waals surface area contributed by atoms with Crippen LogP contribution in [0.2, 0.25) is 0 Å². The molecule has 0 aliphatic heterocycles. The van der Waals surface area contributed by atoms with E-state index in [1.165, 1.54) is 0 Å². The Morgan fingerprint density at radius 1 is 1.00 bits per heavy atom. The van der Waals surface area contributed by atoms with Crippen LogP contribution in [0, 0.1) is 0 Å². The van der Waals surface area contributed by atoms with Gasteiger partial charge in [-0.15, -0.1) is 0 Å². The molecule has 0 heterocycles. The first-order valence-electron chi connectivity index (χ1n) is 8.10. The summed E-state index contributed by atoms with van der Waals surface area (Å²) in [5.74, 6) is 1.38. The van der Waals surface area contributed by atoms with Gasteiger partial charge >= 0.3 is 0 Å². The number of benzene rings is 2. The van der Waals surface area contributed by atoms with Crippen molar-refractivity contribution in [2.45, 2.75) is 26.7 Å². The molecule has 0 aromatic heterocycles. The van der Waals surface area contributed by atoms with Crippen LogP contribution in [0.5, 0.6) is 11.5 Å². The Morgan fingerprint density at radius 2 is 1.67 bits per heavy atom. The number of hydrogen-bond donors (Lipinski definition) is 1. The highest BCUT2D eigenvalue weighted by Gasteiger charge is 2.10. The van der Waals surface area contributed by atoms with E-state index < -0.39 is 0 Å². The van der Waals surface area contributed by atoms with E-state index in [1.54, 1.807) is 18.2 Å². The van der Waals surface area contributed by atoms with Crippen LogP contribution in [0.1, 0.15) is 37.0 Å². The molecule has 0 fully saturated rings. The van der Waals surface area contributed by atoms with Crippen molar-refractivity contribution in [2.24, 2.45) is 0 Å². The summed E-state index contributed by atoms with van der Waals surface area (Å²) in [5, 5.41) is 2.88. The van der Waals surface area contributed by atoms with Crippen LogP contribution < -0.4 is 14.8 Å².